The van der Waals surface area contributed by atoms with Gasteiger partial charge in [0.2, 0.25) is 0 Å². The number of hydrogen-bond donors (Lipinski definition) is 4. The number of unbranched alkanes of at least 4 members (excludes halogenated alkanes) is 1. The molecule has 1 unspecified atom stereocenters. The highest BCUT2D eigenvalue weighted by atomic mass is 19.4. The van der Waals surface area contributed by atoms with Crippen LogP contribution in [0.25, 0.3) is 0 Å². The highest BCUT2D eigenvalue weighted by molar-refractivity contribution is 6.00. The lowest BCUT2D eigenvalue weighted by molar-refractivity contribution is -0.123. The number of rotatable bonds is 13. The number of phenolic OH excluding ortho intramolecular Hbond substituents is 1. The van der Waals surface area contributed by atoms with Crippen LogP contribution in [0.4, 0.5) is 30.2 Å². The van der Waals surface area contributed by atoms with Gasteiger partial charge in [0.25, 0.3) is 5.91 Å². The van der Waals surface area contributed by atoms with Crippen LogP contribution < -0.4 is 20.7 Å². The summed E-state index contributed by atoms with van der Waals surface area (Å²) in [7, 11) is 1.25. The van der Waals surface area contributed by atoms with Crippen LogP contribution in [0.2, 0.25) is 0 Å². The van der Waals surface area contributed by atoms with Crippen molar-refractivity contribution >= 4 is 29.2 Å². The summed E-state index contributed by atoms with van der Waals surface area (Å²) in [4.78, 5) is 16.7. The second-order valence-electron chi connectivity index (χ2n) is 8.29. The molecule has 2 aromatic rings. The number of methoxy groups -OCH3 is 1. The Morgan fingerprint density at radius 3 is 2.68 bits per heavy atom. The Labute approximate surface area is 214 Å². The Kier molecular flexibility index (Phi) is 11.2. The number of nitrogens with zero attached hydrogens (tertiary/aromatic N) is 2. The average molecular weight is 520 g/mol. The van der Waals surface area contributed by atoms with E-state index < -0.39 is 29.9 Å². The molecule has 11 heteroatoms. The van der Waals surface area contributed by atoms with Gasteiger partial charge < -0.3 is 25.8 Å². The molecule has 200 valence electrons. The van der Waals surface area contributed by atoms with Crippen LogP contribution in [0.1, 0.15) is 54.9 Å². The number of benzene rings is 2. The Hall–Kier alpha value is -3.78. The number of aromatic hydroxyl groups is 1. The summed E-state index contributed by atoms with van der Waals surface area (Å²) >= 11 is 0. The fourth-order valence-electron chi connectivity index (χ4n) is 3.78. The van der Waals surface area contributed by atoms with E-state index in [-0.39, 0.29) is 18.2 Å². The molecule has 1 atom stereocenters. The summed E-state index contributed by atoms with van der Waals surface area (Å²) in [6.07, 6.45) is 0.0756. The van der Waals surface area contributed by atoms with Crippen LogP contribution in [-0.4, -0.2) is 50.1 Å². The van der Waals surface area contributed by atoms with Crippen molar-refractivity contribution in [3.05, 3.63) is 41.5 Å². The number of anilines is 2. The Morgan fingerprint density at radius 2 is 2.05 bits per heavy atom. The minimum Gasteiger partial charge on any atom is -0.507 e. The number of phenols is 1. The Morgan fingerprint density at radius 1 is 1.30 bits per heavy atom. The van der Waals surface area contributed by atoms with E-state index in [0.717, 1.165) is 24.8 Å². The van der Waals surface area contributed by atoms with Crippen LogP contribution in [0, 0.1) is 11.3 Å². The van der Waals surface area contributed by atoms with Crippen LogP contribution >= 0.6 is 0 Å². The fourth-order valence-corrected chi connectivity index (χ4v) is 3.78. The summed E-state index contributed by atoms with van der Waals surface area (Å²) in [5.41, 5.74) is 2.24. The van der Waals surface area contributed by atoms with Crippen molar-refractivity contribution in [3.8, 4) is 17.6 Å². The van der Waals surface area contributed by atoms with Gasteiger partial charge >= 0.3 is 6.18 Å². The molecule has 37 heavy (non-hydrogen) atoms. The lowest BCUT2D eigenvalue weighted by atomic mass is 9.92. The smallest absolute Gasteiger partial charge is 0.405 e. The monoisotopic (exact) mass is 519 g/mol. The van der Waals surface area contributed by atoms with Crippen molar-refractivity contribution < 1.29 is 27.8 Å². The molecule has 8 nitrogen and oxygen atoms in total. The average Bonchev–Trinajstić information content (AvgIpc) is 2.85. The summed E-state index contributed by atoms with van der Waals surface area (Å²) < 4.78 is 42.6. The minimum atomic E-state index is -4.59. The van der Waals surface area contributed by atoms with E-state index in [4.69, 9.17) is 10.00 Å². The largest absolute Gasteiger partial charge is 0.507 e. The van der Waals surface area contributed by atoms with Crippen molar-refractivity contribution in [1.82, 2.24) is 10.6 Å². The molecular formula is C26H32F3N5O3. The molecule has 0 fully saturated rings. The molecule has 0 bridgehead atoms. The summed E-state index contributed by atoms with van der Waals surface area (Å²) in [5.74, 6) is -1.56. The zero-order chi connectivity index (χ0) is 27.4. The van der Waals surface area contributed by atoms with Crippen molar-refractivity contribution in [1.29, 1.82) is 5.26 Å². The normalized spacial score (nSPS) is 12.2. The first-order chi connectivity index (χ1) is 17.6. The first kappa shape index (κ1) is 29.5. The maximum Gasteiger partial charge on any atom is 0.405 e. The molecule has 2 rings (SSSR count). The van der Waals surface area contributed by atoms with E-state index in [1.54, 1.807) is 18.5 Å². The molecule has 0 aromatic heterocycles. The van der Waals surface area contributed by atoms with E-state index in [1.807, 2.05) is 18.2 Å². The first-order valence-corrected chi connectivity index (χ1v) is 11.9. The molecule has 0 radical (unpaired) electrons. The van der Waals surface area contributed by atoms with E-state index in [0.29, 0.717) is 23.6 Å². The topological polar surface area (TPSA) is 119 Å². The van der Waals surface area contributed by atoms with Gasteiger partial charge in [0, 0.05) is 30.6 Å². The van der Waals surface area contributed by atoms with Crippen LogP contribution in [-0.2, 0) is 0 Å². The van der Waals surface area contributed by atoms with Gasteiger partial charge in [-0.05, 0) is 37.0 Å². The van der Waals surface area contributed by atoms with Gasteiger partial charge in [-0.15, -0.1) is 0 Å². The first-order valence-electron chi connectivity index (χ1n) is 11.9. The number of halogens is 3. The van der Waals surface area contributed by atoms with Crippen LogP contribution in [0.5, 0.6) is 11.5 Å². The van der Waals surface area contributed by atoms with Crippen LogP contribution in [0.3, 0.4) is 0 Å². The SMILES string of the molecule is C/C=N\c1cc(C(CCCC)CNCC#N)ccc1Nc1cc(O)c(C(=O)NCC(F)(F)F)c(OC)c1. The zero-order valence-corrected chi connectivity index (χ0v) is 21.1. The van der Waals surface area contributed by atoms with Gasteiger partial charge in [0.05, 0.1) is 31.1 Å². The van der Waals surface area contributed by atoms with Gasteiger partial charge in [-0.1, -0.05) is 25.8 Å². The molecule has 0 aliphatic heterocycles. The van der Waals surface area contributed by atoms with Gasteiger partial charge in [-0.3, -0.25) is 9.79 Å². The zero-order valence-electron chi connectivity index (χ0n) is 21.1. The van der Waals surface area contributed by atoms with Crippen molar-refractivity contribution in [2.45, 2.75) is 45.2 Å². The number of ether oxygens (including phenoxy) is 1. The van der Waals surface area contributed by atoms with Gasteiger partial charge in [-0.2, -0.15) is 18.4 Å². The quantitative estimate of drug-likeness (QED) is 0.157. The number of nitriles is 1. The highest BCUT2D eigenvalue weighted by Gasteiger charge is 2.29. The number of carbonyl (C=O) groups is 1. The number of carbonyl (C=O) groups excluding carboxylic acids is 1. The highest BCUT2D eigenvalue weighted by Crippen LogP contribution is 2.37. The van der Waals surface area contributed by atoms with E-state index in [2.05, 4.69) is 28.6 Å². The lowest BCUT2D eigenvalue weighted by Crippen LogP contribution is -2.33. The minimum absolute atomic E-state index is 0.0949. The number of hydrogen-bond acceptors (Lipinski definition) is 7. The van der Waals surface area contributed by atoms with Crippen LogP contribution in [0.15, 0.2) is 35.3 Å². The van der Waals surface area contributed by atoms with Gasteiger partial charge in [0.1, 0.15) is 23.6 Å². The molecule has 0 aliphatic carbocycles. The number of amides is 1. The second-order valence-corrected chi connectivity index (χ2v) is 8.29. The van der Waals surface area contributed by atoms with E-state index in [1.165, 1.54) is 19.2 Å². The molecule has 0 heterocycles. The number of alkyl halides is 3. The molecule has 2 aromatic carbocycles. The van der Waals surface area contributed by atoms with Crippen molar-refractivity contribution in [2.24, 2.45) is 4.99 Å². The maximum absolute atomic E-state index is 12.5. The third-order valence-corrected chi connectivity index (χ3v) is 5.52. The summed E-state index contributed by atoms with van der Waals surface area (Å²) in [6, 6.07) is 10.5. The molecule has 1 amide bonds. The second kappa shape index (κ2) is 14.1. The van der Waals surface area contributed by atoms with Crippen molar-refractivity contribution in [2.75, 3.05) is 32.1 Å². The standard InChI is InChI=1S/C26H32F3N5O3/c1-4-6-7-18(15-31-11-10-30)17-8-9-20(21(12-17)32-5-2)34-19-13-22(35)24(23(14-19)37-3)25(36)33-16-26(27,28)29/h5,8-9,12-14,18,31,34-35H,4,6-7,11,15-16H2,1-3H3,(H,33,36)/b32-5-. The van der Waals surface area contributed by atoms with Crippen molar-refractivity contribution in [3.63, 3.8) is 0 Å². The third-order valence-electron chi connectivity index (χ3n) is 5.52. The number of aliphatic imine (C=N–C) groups is 1. The predicted molar refractivity (Wildman–Crippen MR) is 137 cm³/mol. The molecule has 0 saturated carbocycles. The molecule has 0 spiro atoms. The molecular weight excluding hydrogens is 487 g/mol. The Balaban J connectivity index is 2.35. The van der Waals surface area contributed by atoms with Gasteiger partial charge in [-0.25, -0.2) is 0 Å². The molecule has 0 saturated heterocycles. The molecule has 0 aliphatic rings. The summed E-state index contributed by atoms with van der Waals surface area (Å²) in [6.45, 7) is 3.28. The van der Waals surface area contributed by atoms with Gasteiger partial charge in [0.15, 0.2) is 0 Å². The fraction of sp³-hybridized carbons (Fsp3) is 0.423. The molecule has 4 N–H and O–H groups in total. The Bertz CT molecular complexity index is 1130. The lowest BCUT2D eigenvalue weighted by Gasteiger charge is -2.20. The van der Waals surface area contributed by atoms with E-state index >= 15 is 0 Å². The predicted octanol–water partition coefficient (Wildman–Crippen LogP) is 5.55. The number of nitrogens with one attached hydrogen (secondary N) is 3. The van der Waals surface area contributed by atoms with E-state index in [9.17, 15) is 23.1 Å². The third kappa shape index (κ3) is 8.99. The summed E-state index contributed by atoms with van der Waals surface area (Å²) in [5, 5.41) is 27.3. The maximum atomic E-state index is 12.5.